The molecule has 2 aliphatic rings. The predicted molar refractivity (Wildman–Crippen MR) is 70.2 cm³/mol. The number of ether oxygens (including phenoxy) is 1. The van der Waals surface area contributed by atoms with Gasteiger partial charge >= 0.3 is 0 Å². The molecule has 18 heavy (non-hydrogen) atoms. The molecule has 0 aromatic carbocycles. The minimum absolute atomic E-state index is 0.237. The van der Waals surface area contributed by atoms with Gasteiger partial charge in [0.05, 0.1) is 18.8 Å². The van der Waals surface area contributed by atoms with Gasteiger partial charge in [0.25, 0.3) is 0 Å². The van der Waals surface area contributed by atoms with Gasteiger partial charge in [-0.2, -0.15) is 0 Å². The average Bonchev–Trinajstić information content (AvgIpc) is 2.75. The Morgan fingerprint density at radius 1 is 1.33 bits per heavy atom. The van der Waals surface area contributed by atoms with Crippen LogP contribution in [-0.4, -0.2) is 55.2 Å². The smallest absolute Gasteiger partial charge is 0.231 e. The summed E-state index contributed by atoms with van der Waals surface area (Å²) in [6.07, 6.45) is 5.04. The lowest BCUT2D eigenvalue weighted by molar-refractivity contribution is -0.120. The van der Waals surface area contributed by atoms with Crippen LogP contribution in [0.2, 0.25) is 0 Å². The van der Waals surface area contributed by atoms with Crippen molar-refractivity contribution in [1.82, 2.24) is 10.2 Å². The maximum absolute atomic E-state index is 11.2. The Hall–Kier alpha value is -0.650. The first-order chi connectivity index (χ1) is 8.65. The molecule has 0 bridgehead atoms. The molecule has 2 atom stereocenters. The SMILES string of the molecule is CC1CCC(CN(CC(N)=O)C2CCNCC2)O1. The van der Waals surface area contributed by atoms with Gasteiger partial charge in [0.1, 0.15) is 0 Å². The minimum Gasteiger partial charge on any atom is -0.374 e. The van der Waals surface area contributed by atoms with Crippen LogP contribution in [0.4, 0.5) is 0 Å². The third kappa shape index (κ3) is 3.93. The van der Waals surface area contributed by atoms with Crippen molar-refractivity contribution in [3.05, 3.63) is 0 Å². The fourth-order valence-corrected chi connectivity index (χ4v) is 3.00. The standard InChI is InChI=1S/C13H25N3O2/c1-10-2-3-12(18-10)8-16(9-13(14)17)11-4-6-15-7-5-11/h10-12,15H,2-9H2,1H3,(H2,14,17). The van der Waals surface area contributed by atoms with Gasteiger partial charge in [-0.15, -0.1) is 0 Å². The lowest BCUT2D eigenvalue weighted by atomic mass is 10.0. The van der Waals surface area contributed by atoms with Crippen LogP contribution in [-0.2, 0) is 9.53 Å². The summed E-state index contributed by atoms with van der Waals surface area (Å²) in [6.45, 7) is 5.38. The van der Waals surface area contributed by atoms with E-state index in [1.807, 2.05) is 0 Å². The molecule has 2 fully saturated rings. The molecule has 104 valence electrons. The second-order valence-corrected chi connectivity index (χ2v) is 5.52. The molecule has 3 N–H and O–H groups in total. The number of carbonyl (C=O) groups is 1. The third-order valence-electron chi connectivity index (χ3n) is 3.94. The van der Waals surface area contributed by atoms with E-state index < -0.39 is 0 Å². The largest absolute Gasteiger partial charge is 0.374 e. The van der Waals surface area contributed by atoms with Crippen molar-refractivity contribution in [3.8, 4) is 0 Å². The van der Waals surface area contributed by atoms with Crippen molar-refractivity contribution in [2.75, 3.05) is 26.2 Å². The molecule has 2 aliphatic heterocycles. The van der Waals surface area contributed by atoms with Crippen LogP contribution in [0.15, 0.2) is 0 Å². The summed E-state index contributed by atoms with van der Waals surface area (Å²) in [7, 11) is 0. The molecule has 5 heteroatoms. The molecule has 0 aliphatic carbocycles. The zero-order valence-corrected chi connectivity index (χ0v) is 11.2. The van der Waals surface area contributed by atoms with E-state index in [4.69, 9.17) is 10.5 Å². The van der Waals surface area contributed by atoms with Crippen LogP contribution in [0.1, 0.15) is 32.6 Å². The van der Waals surface area contributed by atoms with Gasteiger partial charge in [0, 0.05) is 12.6 Å². The summed E-state index contributed by atoms with van der Waals surface area (Å²) < 4.78 is 5.85. The zero-order valence-electron chi connectivity index (χ0n) is 11.2. The number of carbonyl (C=O) groups excluding carboxylic acids is 1. The van der Waals surface area contributed by atoms with Gasteiger partial charge in [-0.05, 0) is 45.7 Å². The van der Waals surface area contributed by atoms with Gasteiger partial charge < -0.3 is 15.8 Å². The highest BCUT2D eigenvalue weighted by molar-refractivity contribution is 5.75. The number of primary amides is 1. The average molecular weight is 255 g/mol. The van der Waals surface area contributed by atoms with Gasteiger partial charge in [-0.25, -0.2) is 0 Å². The van der Waals surface area contributed by atoms with Crippen LogP contribution in [0.25, 0.3) is 0 Å². The van der Waals surface area contributed by atoms with Gasteiger partial charge in [-0.3, -0.25) is 9.69 Å². The Labute approximate surface area is 109 Å². The first kappa shape index (κ1) is 13.8. The van der Waals surface area contributed by atoms with Crippen LogP contribution < -0.4 is 11.1 Å². The van der Waals surface area contributed by atoms with E-state index in [-0.39, 0.29) is 12.0 Å². The number of hydrogen-bond acceptors (Lipinski definition) is 4. The second-order valence-electron chi connectivity index (χ2n) is 5.52. The van der Waals surface area contributed by atoms with E-state index in [1.165, 1.54) is 0 Å². The van der Waals surface area contributed by atoms with E-state index in [0.717, 1.165) is 45.3 Å². The second kappa shape index (κ2) is 6.50. The molecule has 0 aromatic rings. The molecule has 5 nitrogen and oxygen atoms in total. The monoisotopic (exact) mass is 255 g/mol. The summed E-state index contributed by atoms with van der Waals surface area (Å²) in [5, 5.41) is 3.35. The number of nitrogens with two attached hydrogens (primary N) is 1. The van der Waals surface area contributed by atoms with E-state index in [0.29, 0.717) is 18.7 Å². The van der Waals surface area contributed by atoms with Crippen molar-refractivity contribution in [1.29, 1.82) is 0 Å². The van der Waals surface area contributed by atoms with Crippen molar-refractivity contribution < 1.29 is 9.53 Å². The topological polar surface area (TPSA) is 67.6 Å². The normalized spacial score (nSPS) is 29.9. The maximum Gasteiger partial charge on any atom is 0.231 e. The van der Waals surface area contributed by atoms with E-state index in [1.54, 1.807) is 0 Å². The predicted octanol–water partition coefficient (Wildman–Crippen LogP) is 0.0932. The molecule has 0 radical (unpaired) electrons. The molecule has 2 heterocycles. The minimum atomic E-state index is -0.237. The highest BCUT2D eigenvalue weighted by Gasteiger charge is 2.28. The molecule has 2 saturated heterocycles. The Morgan fingerprint density at radius 2 is 2.06 bits per heavy atom. The van der Waals surface area contributed by atoms with Crippen molar-refractivity contribution in [2.45, 2.75) is 50.9 Å². The quantitative estimate of drug-likeness (QED) is 0.731. The molecular weight excluding hydrogens is 230 g/mol. The van der Waals surface area contributed by atoms with Crippen molar-refractivity contribution in [2.24, 2.45) is 5.73 Å². The lowest BCUT2D eigenvalue weighted by Gasteiger charge is -2.35. The number of hydrogen-bond donors (Lipinski definition) is 2. The van der Waals surface area contributed by atoms with Crippen LogP contribution in [0.3, 0.4) is 0 Å². The number of rotatable bonds is 5. The van der Waals surface area contributed by atoms with E-state index in [9.17, 15) is 4.79 Å². The van der Waals surface area contributed by atoms with Gasteiger partial charge in [0.15, 0.2) is 0 Å². The summed E-state index contributed by atoms with van der Waals surface area (Å²) in [6, 6.07) is 0.471. The van der Waals surface area contributed by atoms with Gasteiger partial charge in [-0.1, -0.05) is 0 Å². The highest BCUT2D eigenvalue weighted by atomic mass is 16.5. The number of piperidine rings is 1. The van der Waals surface area contributed by atoms with Crippen molar-refractivity contribution >= 4 is 5.91 Å². The molecule has 0 saturated carbocycles. The van der Waals surface area contributed by atoms with Crippen LogP contribution in [0.5, 0.6) is 0 Å². The lowest BCUT2D eigenvalue weighted by Crippen LogP contribution is -2.49. The fraction of sp³-hybridized carbons (Fsp3) is 0.923. The van der Waals surface area contributed by atoms with Gasteiger partial charge in [0.2, 0.25) is 5.91 Å². The van der Waals surface area contributed by atoms with E-state index in [2.05, 4.69) is 17.1 Å². The molecule has 2 rings (SSSR count). The third-order valence-corrected chi connectivity index (χ3v) is 3.94. The number of amides is 1. The maximum atomic E-state index is 11.2. The molecule has 0 spiro atoms. The first-order valence-corrected chi connectivity index (χ1v) is 7.03. The Morgan fingerprint density at radius 3 is 2.61 bits per heavy atom. The number of nitrogens with zero attached hydrogens (tertiary/aromatic N) is 1. The van der Waals surface area contributed by atoms with E-state index >= 15 is 0 Å². The van der Waals surface area contributed by atoms with Crippen LogP contribution >= 0.6 is 0 Å². The zero-order chi connectivity index (χ0) is 13.0. The molecule has 2 unspecified atom stereocenters. The number of nitrogens with one attached hydrogen (secondary N) is 1. The Kier molecular flexibility index (Phi) is 4.97. The van der Waals surface area contributed by atoms with Crippen molar-refractivity contribution in [3.63, 3.8) is 0 Å². The Bertz CT molecular complexity index is 279. The molecule has 0 aromatic heterocycles. The highest BCUT2D eigenvalue weighted by Crippen LogP contribution is 2.22. The Balaban J connectivity index is 1.89. The molecule has 1 amide bonds. The summed E-state index contributed by atoms with van der Waals surface area (Å²) in [4.78, 5) is 13.4. The summed E-state index contributed by atoms with van der Waals surface area (Å²) >= 11 is 0. The van der Waals surface area contributed by atoms with Crippen LogP contribution in [0, 0.1) is 0 Å². The summed E-state index contributed by atoms with van der Waals surface area (Å²) in [5.74, 6) is -0.237. The first-order valence-electron chi connectivity index (χ1n) is 7.03. The summed E-state index contributed by atoms with van der Waals surface area (Å²) in [5.41, 5.74) is 5.36. The fourth-order valence-electron chi connectivity index (χ4n) is 3.00. The molecular formula is C13H25N3O2.